The van der Waals surface area contributed by atoms with Gasteiger partial charge < -0.3 is 4.74 Å². The summed E-state index contributed by atoms with van der Waals surface area (Å²) < 4.78 is 6.78. The van der Waals surface area contributed by atoms with Crippen LogP contribution in [0.5, 0.6) is 0 Å². The topological polar surface area (TPSA) is 96.4 Å². The van der Waals surface area contributed by atoms with Crippen molar-refractivity contribution >= 4 is 5.69 Å². The largest absolute Gasteiger partial charge is 0.383 e. The number of aryl methyl sites for hydroxylation is 1. The summed E-state index contributed by atoms with van der Waals surface area (Å²) in [5.74, 6) is 0. The Morgan fingerprint density at radius 1 is 1.39 bits per heavy atom. The lowest BCUT2D eigenvalue weighted by Crippen LogP contribution is -2.41. The smallest absolute Gasteiger partial charge is 0.350 e. The molecule has 1 rings (SSSR count). The molecule has 0 atom stereocenters. The molecule has 8 nitrogen and oxygen atoms in total. The summed E-state index contributed by atoms with van der Waals surface area (Å²) >= 11 is 0. The van der Waals surface area contributed by atoms with Crippen molar-refractivity contribution in [3.8, 4) is 0 Å². The van der Waals surface area contributed by atoms with Crippen LogP contribution in [0.3, 0.4) is 0 Å². The minimum atomic E-state index is -0.894. The third-order valence-corrected chi connectivity index (χ3v) is 2.40. The summed E-state index contributed by atoms with van der Waals surface area (Å²) in [5, 5.41) is 10.8. The highest BCUT2D eigenvalue weighted by molar-refractivity contribution is 5.21. The first kappa shape index (κ1) is 14.1. The molecule has 0 N–H and O–H groups in total. The average molecular weight is 257 g/mol. The van der Waals surface area contributed by atoms with Gasteiger partial charge in [-0.15, -0.1) is 0 Å². The van der Waals surface area contributed by atoms with E-state index in [0.29, 0.717) is 13.0 Å². The molecule has 8 heteroatoms. The predicted molar refractivity (Wildman–Crippen MR) is 63.8 cm³/mol. The SMILES string of the molecule is CCCn1cc([N+](=O)[O-])c(=O)n(CCOC)c1=O. The zero-order valence-corrected chi connectivity index (χ0v) is 10.3. The van der Waals surface area contributed by atoms with Gasteiger partial charge in [0, 0.05) is 13.7 Å². The van der Waals surface area contributed by atoms with Gasteiger partial charge in [-0.3, -0.25) is 24.0 Å². The van der Waals surface area contributed by atoms with Crippen LogP contribution in [0.25, 0.3) is 0 Å². The lowest BCUT2D eigenvalue weighted by Gasteiger charge is -2.08. The normalized spacial score (nSPS) is 10.6. The quantitative estimate of drug-likeness (QED) is 0.527. The number of nitro groups is 1. The summed E-state index contributed by atoms with van der Waals surface area (Å²) in [5.41, 5.74) is -2.04. The number of aromatic nitrogens is 2. The Balaban J connectivity index is 3.41. The van der Waals surface area contributed by atoms with Gasteiger partial charge in [-0.1, -0.05) is 6.92 Å². The lowest BCUT2D eigenvalue weighted by atomic mass is 10.4. The van der Waals surface area contributed by atoms with E-state index >= 15 is 0 Å². The van der Waals surface area contributed by atoms with Crippen molar-refractivity contribution in [3.05, 3.63) is 37.1 Å². The van der Waals surface area contributed by atoms with Crippen molar-refractivity contribution in [2.75, 3.05) is 13.7 Å². The Morgan fingerprint density at radius 2 is 2.06 bits per heavy atom. The highest BCUT2D eigenvalue weighted by Crippen LogP contribution is 2.01. The number of rotatable bonds is 6. The maximum atomic E-state index is 11.9. The number of nitrogens with zero attached hydrogens (tertiary/aromatic N) is 3. The van der Waals surface area contributed by atoms with Crippen LogP contribution in [0.4, 0.5) is 5.69 Å². The highest BCUT2D eigenvalue weighted by atomic mass is 16.6. The molecule has 0 radical (unpaired) electrons. The maximum Gasteiger partial charge on any atom is 0.350 e. The Morgan fingerprint density at radius 3 is 2.56 bits per heavy atom. The molecule has 100 valence electrons. The zero-order chi connectivity index (χ0) is 13.7. The van der Waals surface area contributed by atoms with Crippen molar-refractivity contribution in [1.82, 2.24) is 9.13 Å². The van der Waals surface area contributed by atoms with Crippen LogP contribution in [-0.4, -0.2) is 27.8 Å². The number of hydrogen-bond donors (Lipinski definition) is 0. The van der Waals surface area contributed by atoms with Crippen LogP contribution in [0, 0.1) is 10.1 Å². The van der Waals surface area contributed by atoms with E-state index in [1.54, 1.807) is 0 Å². The summed E-state index contributed by atoms with van der Waals surface area (Å²) in [4.78, 5) is 33.6. The van der Waals surface area contributed by atoms with Crippen molar-refractivity contribution in [3.63, 3.8) is 0 Å². The van der Waals surface area contributed by atoms with Crippen LogP contribution in [-0.2, 0) is 17.8 Å². The maximum absolute atomic E-state index is 11.9. The molecule has 0 aliphatic carbocycles. The molecule has 1 aromatic heterocycles. The van der Waals surface area contributed by atoms with E-state index in [2.05, 4.69) is 0 Å². The van der Waals surface area contributed by atoms with Crippen LogP contribution in [0.1, 0.15) is 13.3 Å². The predicted octanol–water partition coefficient (Wildman–Crippen LogP) is -0.0254. The van der Waals surface area contributed by atoms with Gasteiger partial charge in [0.25, 0.3) is 0 Å². The third kappa shape index (κ3) is 2.83. The van der Waals surface area contributed by atoms with Gasteiger partial charge in [-0.05, 0) is 6.42 Å². The van der Waals surface area contributed by atoms with E-state index in [9.17, 15) is 19.7 Å². The lowest BCUT2D eigenvalue weighted by molar-refractivity contribution is -0.387. The Bertz CT molecular complexity index is 545. The molecule has 0 spiro atoms. The Hall–Kier alpha value is -1.96. The summed E-state index contributed by atoms with van der Waals surface area (Å²) in [6.45, 7) is 2.30. The molecule has 1 heterocycles. The minimum Gasteiger partial charge on any atom is -0.383 e. The molecule has 0 amide bonds. The molecule has 0 fully saturated rings. The fourth-order valence-electron chi connectivity index (χ4n) is 1.54. The summed E-state index contributed by atoms with van der Waals surface area (Å²) in [6.07, 6.45) is 1.64. The van der Waals surface area contributed by atoms with Gasteiger partial charge in [0.1, 0.15) is 0 Å². The fourth-order valence-corrected chi connectivity index (χ4v) is 1.54. The molecule has 1 aromatic rings. The van der Waals surface area contributed by atoms with E-state index in [4.69, 9.17) is 4.74 Å². The minimum absolute atomic E-state index is 0.000436. The second kappa shape index (κ2) is 6.10. The van der Waals surface area contributed by atoms with Crippen molar-refractivity contribution in [2.45, 2.75) is 26.4 Å². The van der Waals surface area contributed by atoms with Crippen molar-refractivity contribution in [1.29, 1.82) is 0 Å². The van der Waals surface area contributed by atoms with Gasteiger partial charge in [-0.2, -0.15) is 0 Å². The first-order valence-electron chi connectivity index (χ1n) is 5.50. The van der Waals surface area contributed by atoms with Crippen molar-refractivity contribution < 1.29 is 9.66 Å². The molecule has 0 aromatic carbocycles. The Labute approximate surface area is 103 Å². The first-order chi connectivity index (χ1) is 8.52. The summed E-state index contributed by atoms with van der Waals surface area (Å²) in [6, 6.07) is 0. The molecule has 0 saturated carbocycles. The molecule has 0 unspecified atom stereocenters. The van der Waals surface area contributed by atoms with Gasteiger partial charge in [0.2, 0.25) is 0 Å². The standard InChI is InChI=1S/C10H15N3O5/c1-3-4-11-7-8(13(16)17)9(14)12(10(11)15)5-6-18-2/h7H,3-6H2,1-2H3. The van der Waals surface area contributed by atoms with Gasteiger partial charge in [0.15, 0.2) is 0 Å². The number of hydrogen-bond acceptors (Lipinski definition) is 5. The molecule has 0 aliphatic rings. The number of methoxy groups -OCH3 is 1. The summed E-state index contributed by atoms with van der Waals surface area (Å²) in [7, 11) is 1.42. The molecular formula is C10H15N3O5. The van der Waals surface area contributed by atoms with Crippen LogP contribution in [0.2, 0.25) is 0 Å². The van der Waals surface area contributed by atoms with Gasteiger partial charge in [-0.25, -0.2) is 4.79 Å². The van der Waals surface area contributed by atoms with Crippen LogP contribution < -0.4 is 11.2 Å². The van der Waals surface area contributed by atoms with Gasteiger partial charge >= 0.3 is 16.9 Å². The average Bonchev–Trinajstić information content (AvgIpc) is 2.32. The molecular weight excluding hydrogens is 242 g/mol. The van der Waals surface area contributed by atoms with Gasteiger partial charge in [0.05, 0.1) is 24.3 Å². The van der Waals surface area contributed by atoms with Crippen LogP contribution >= 0.6 is 0 Å². The molecule has 0 bridgehead atoms. The number of ether oxygens (including phenoxy) is 1. The molecule has 18 heavy (non-hydrogen) atoms. The molecule has 0 aliphatic heterocycles. The third-order valence-electron chi connectivity index (χ3n) is 2.40. The van der Waals surface area contributed by atoms with E-state index in [1.807, 2.05) is 6.92 Å². The second-order valence-corrected chi connectivity index (χ2v) is 3.70. The van der Waals surface area contributed by atoms with Crippen molar-refractivity contribution in [2.24, 2.45) is 0 Å². The van der Waals surface area contributed by atoms with E-state index in [1.165, 1.54) is 11.7 Å². The van der Waals surface area contributed by atoms with E-state index in [-0.39, 0.29) is 13.2 Å². The monoisotopic (exact) mass is 257 g/mol. The molecule has 0 saturated heterocycles. The highest BCUT2D eigenvalue weighted by Gasteiger charge is 2.19. The fraction of sp³-hybridized carbons (Fsp3) is 0.600. The van der Waals surface area contributed by atoms with E-state index in [0.717, 1.165) is 10.8 Å². The zero-order valence-electron chi connectivity index (χ0n) is 10.3. The first-order valence-corrected chi connectivity index (χ1v) is 5.50. The van der Waals surface area contributed by atoms with Crippen LogP contribution in [0.15, 0.2) is 15.8 Å². The van der Waals surface area contributed by atoms with E-state index < -0.39 is 21.9 Å². The Kier molecular flexibility index (Phi) is 4.78. The second-order valence-electron chi connectivity index (χ2n) is 3.70.